The van der Waals surface area contributed by atoms with Crippen molar-refractivity contribution in [2.24, 2.45) is 0 Å². The number of amides is 1. The molecule has 3 fully saturated rings. The number of nitrogens with one attached hydrogen (secondary N) is 1. The number of carbonyl (C=O) groups is 1. The average Bonchev–Trinajstić information content (AvgIpc) is 2.51. The average molecular weight is 330 g/mol. The number of hydrogen-bond acceptors (Lipinski definition) is 3. The lowest BCUT2D eigenvalue weighted by molar-refractivity contribution is -0.138. The van der Waals surface area contributed by atoms with E-state index in [0.717, 1.165) is 26.2 Å². The number of hydrogen-bond donors (Lipinski definition) is 1. The summed E-state index contributed by atoms with van der Waals surface area (Å²) >= 11 is 0. The molecule has 5 heteroatoms. The molecule has 2 heterocycles. The van der Waals surface area contributed by atoms with Gasteiger partial charge in [0.1, 0.15) is 0 Å². The van der Waals surface area contributed by atoms with Crippen LogP contribution in [-0.2, 0) is 4.79 Å². The van der Waals surface area contributed by atoms with Crippen LogP contribution in [0.2, 0.25) is 0 Å². The summed E-state index contributed by atoms with van der Waals surface area (Å²) in [5.74, 6) is 0.369. The monoisotopic (exact) mass is 329 g/mol. The zero-order chi connectivity index (χ0) is 14.7. The van der Waals surface area contributed by atoms with E-state index in [1.165, 1.54) is 51.4 Å². The third kappa shape index (κ3) is 3.77. The third-order valence-electron chi connectivity index (χ3n) is 5.92. The second-order valence-corrected chi connectivity index (χ2v) is 7.32. The quantitative estimate of drug-likeness (QED) is 0.845. The lowest BCUT2D eigenvalue weighted by Crippen LogP contribution is -2.64. The summed E-state index contributed by atoms with van der Waals surface area (Å²) < 4.78 is 0. The second-order valence-electron chi connectivity index (χ2n) is 7.32. The van der Waals surface area contributed by atoms with Gasteiger partial charge in [0.2, 0.25) is 5.91 Å². The molecule has 1 saturated carbocycles. The van der Waals surface area contributed by atoms with Crippen molar-refractivity contribution in [2.75, 3.05) is 32.7 Å². The SMILES string of the molecule is CC1CCCCN1C(=O)CN1CCNCC12CCCCC2.Cl. The van der Waals surface area contributed by atoms with Crippen LogP contribution < -0.4 is 5.32 Å². The molecule has 0 radical (unpaired) electrons. The van der Waals surface area contributed by atoms with E-state index < -0.39 is 0 Å². The Morgan fingerprint density at radius 2 is 1.91 bits per heavy atom. The van der Waals surface area contributed by atoms with E-state index in [-0.39, 0.29) is 17.9 Å². The molecule has 1 aliphatic carbocycles. The largest absolute Gasteiger partial charge is 0.339 e. The van der Waals surface area contributed by atoms with Gasteiger partial charge in [-0.15, -0.1) is 12.4 Å². The van der Waals surface area contributed by atoms with Crippen LogP contribution in [-0.4, -0.2) is 60.0 Å². The smallest absolute Gasteiger partial charge is 0.237 e. The van der Waals surface area contributed by atoms with Gasteiger partial charge >= 0.3 is 0 Å². The van der Waals surface area contributed by atoms with Crippen LogP contribution in [0.1, 0.15) is 58.3 Å². The summed E-state index contributed by atoms with van der Waals surface area (Å²) in [6.45, 7) is 6.98. The van der Waals surface area contributed by atoms with E-state index >= 15 is 0 Å². The lowest BCUT2D eigenvalue weighted by Gasteiger charge is -2.50. The Bertz CT molecular complexity index is 363. The predicted octanol–water partition coefficient (Wildman–Crippen LogP) is 2.42. The Morgan fingerprint density at radius 3 is 2.64 bits per heavy atom. The fourth-order valence-electron chi connectivity index (χ4n) is 4.56. The molecule has 1 unspecified atom stereocenters. The Morgan fingerprint density at radius 1 is 1.14 bits per heavy atom. The van der Waals surface area contributed by atoms with Crippen LogP contribution >= 0.6 is 12.4 Å². The molecule has 1 N–H and O–H groups in total. The molecule has 0 bridgehead atoms. The topological polar surface area (TPSA) is 35.6 Å². The van der Waals surface area contributed by atoms with E-state index in [4.69, 9.17) is 0 Å². The second kappa shape index (κ2) is 7.98. The molecular formula is C17H32ClN3O. The van der Waals surface area contributed by atoms with Crippen LogP contribution in [0, 0.1) is 0 Å². The van der Waals surface area contributed by atoms with Gasteiger partial charge in [0.25, 0.3) is 0 Å². The highest BCUT2D eigenvalue weighted by atomic mass is 35.5. The molecule has 0 aromatic rings. The maximum Gasteiger partial charge on any atom is 0.237 e. The van der Waals surface area contributed by atoms with Crippen molar-refractivity contribution >= 4 is 18.3 Å². The van der Waals surface area contributed by atoms with Crippen molar-refractivity contribution in [3.63, 3.8) is 0 Å². The Kier molecular flexibility index (Phi) is 6.54. The summed E-state index contributed by atoms with van der Waals surface area (Å²) in [4.78, 5) is 17.4. The van der Waals surface area contributed by atoms with Gasteiger partial charge in [-0.05, 0) is 39.0 Å². The van der Waals surface area contributed by atoms with Gasteiger partial charge in [-0.1, -0.05) is 19.3 Å². The molecule has 4 nitrogen and oxygen atoms in total. The summed E-state index contributed by atoms with van der Waals surface area (Å²) in [5.41, 5.74) is 0.269. The molecule has 2 saturated heterocycles. The highest BCUT2D eigenvalue weighted by Gasteiger charge is 2.41. The Balaban J connectivity index is 0.00000176. The number of nitrogens with zero attached hydrogens (tertiary/aromatic N) is 2. The highest BCUT2D eigenvalue weighted by molar-refractivity contribution is 5.85. The fourth-order valence-corrected chi connectivity index (χ4v) is 4.56. The predicted molar refractivity (Wildman–Crippen MR) is 92.5 cm³/mol. The Hall–Kier alpha value is -0.320. The lowest BCUT2D eigenvalue weighted by atomic mass is 9.79. The van der Waals surface area contributed by atoms with Crippen LogP contribution in [0.5, 0.6) is 0 Å². The fraction of sp³-hybridized carbons (Fsp3) is 0.941. The van der Waals surface area contributed by atoms with Crippen LogP contribution in [0.4, 0.5) is 0 Å². The molecule has 2 aliphatic heterocycles. The van der Waals surface area contributed by atoms with Crippen LogP contribution in [0.15, 0.2) is 0 Å². The van der Waals surface area contributed by atoms with Crippen molar-refractivity contribution in [3.8, 4) is 0 Å². The molecule has 3 rings (SSSR count). The van der Waals surface area contributed by atoms with Gasteiger partial charge in [-0.25, -0.2) is 0 Å². The van der Waals surface area contributed by atoms with Crippen LogP contribution in [0.25, 0.3) is 0 Å². The first-order chi connectivity index (χ1) is 10.2. The van der Waals surface area contributed by atoms with Gasteiger partial charge < -0.3 is 10.2 Å². The van der Waals surface area contributed by atoms with Crippen molar-refractivity contribution < 1.29 is 4.79 Å². The number of piperidine rings is 1. The van der Waals surface area contributed by atoms with Crippen molar-refractivity contribution in [1.29, 1.82) is 0 Å². The first kappa shape index (κ1) is 18.0. The van der Waals surface area contributed by atoms with Crippen molar-refractivity contribution in [3.05, 3.63) is 0 Å². The number of halogens is 1. The van der Waals surface area contributed by atoms with E-state index in [2.05, 4.69) is 22.0 Å². The summed E-state index contributed by atoms with van der Waals surface area (Å²) in [5, 5.41) is 3.57. The van der Waals surface area contributed by atoms with Gasteiger partial charge in [-0.2, -0.15) is 0 Å². The van der Waals surface area contributed by atoms with Crippen molar-refractivity contribution in [2.45, 2.75) is 69.9 Å². The van der Waals surface area contributed by atoms with E-state index in [1.807, 2.05) is 0 Å². The van der Waals surface area contributed by atoms with Gasteiger partial charge in [-0.3, -0.25) is 9.69 Å². The van der Waals surface area contributed by atoms with E-state index in [9.17, 15) is 4.79 Å². The van der Waals surface area contributed by atoms with E-state index in [0.29, 0.717) is 18.5 Å². The van der Waals surface area contributed by atoms with Crippen molar-refractivity contribution in [1.82, 2.24) is 15.1 Å². The zero-order valence-corrected chi connectivity index (χ0v) is 14.8. The standard InChI is InChI=1S/C17H31N3O.ClH/c1-15-7-3-6-11-20(15)16(21)13-19-12-10-18-14-17(19)8-4-2-5-9-17;/h15,18H,2-14H2,1H3;1H. The maximum atomic E-state index is 12.8. The first-order valence-electron chi connectivity index (χ1n) is 8.97. The van der Waals surface area contributed by atoms with Gasteiger partial charge in [0, 0.05) is 37.8 Å². The minimum Gasteiger partial charge on any atom is -0.339 e. The van der Waals surface area contributed by atoms with Gasteiger partial charge in [0.05, 0.1) is 6.54 Å². The van der Waals surface area contributed by atoms with Gasteiger partial charge in [0.15, 0.2) is 0 Å². The number of likely N-dealkylation sites (tertiary alicyclic amines) is 1. The molecule has 0 aromatic heterocycles. The third-order valence-corrected chi connectivity index (χ3v) is 5.92. The molecule has 1 atom stereocenters. The summed E-state index contributed by atoms with van der Waals surface area (Å²) in [6.07, 6.45) is 10.2. The molecule has 128 valence electrons. The van der Waals surface area contributed by atoms with E-state index in [1.54, 1.807) is 0 Å². The molecule has 3 aliphatic rings. The molecule has 1 spiro atoms. The minimum atomic E-state index is 0. The molecular weight excluding hydrogens is 298 g/mol. The normalized spacial score (nSPS) is 29.1. The molecule has 0 aromatic carbocycles. The number of carbonyl (C=O) groups excluding carboxylic acids is 1. The molecule has 22 heavy (non-hydrogen) atoms. The maximum absolute atomic E-state index is 12.8. The minimum absolute atomic E-state index is 0. The highest BCUT2D eigenvalue weighted by Crippen LogP contribution is 2.34. The molecule has 1 amide bonds. The summed E-state index contributed by atoms with van der Waals surface area (Å²) in [6, 6.07) is 0.441. The number of rotatable bonds is 2. The zero-order valence-electron chi connectivity index (χ0n) is 14.0. The number of piperazine rings is 1. The van der Waals surface area contributed by atoms with Crippen LogP contribution in [0.3, 0.4) is 0 Å². The summed E-state index contributed by atoms with van der Waals surface area (Å²) in [7, 11) is 0. The Labute approximate surface area is 141 Å². The first-order valence-corrected chi connectivity index (χ1v) is 8.97.